The minimum Gasteiger partial charge on any atom is -0.465 e. The number of nitrogens with zero attached hydrogens (tertiary/aromatic N) is 2. The Bertz CT molecular complexity index is 967. The SMILES string of the molecule is COC(=O)c1ccc(Cl)c(NC(=O)c2cc(C)n(-c3ccccc3)n2)c1. The van der Waals surface area contributed by atoms with E-state index in [9.17, 15) is 9.59 Å². The number of benzene rings is 2. The predicted molar refractivity (Wildman–Crippen MR) is 99.0 cm³/mol. The maximum absolute atomic E-state index is 12.6. The van der Waals surface area contributed by atoms with E-state index in [2.05, 4.69) is 15.2 Å². The van der Waals surface area contributed by atoms with Gasteiger partial charge in [0.1, 0.15) is 0 Å². The zero-order chi connectivity index (χ0) is 18.7. The van der Waals surface area contributed by atoms with Crippen LogP contribution in [0.3, 0.4) is 0 Å². The number of ether oxygens (including phenoxy) is 1. The molecule has 7 heteroatoms. The lowest BCUT2D eigenvalue weighted by Gasteiger charge is -2.08. The van der Waals surface area contributed by atoms with E-state index < -0.39 is 11.9 Å². The third kappa shape index (κ3) is 3.60. The number of anilines is 1. The highest BCUT2D eigenvalue weighted by atomic mass is 35.5. The van der Waals surface area contributed by atoms with Crippen LogP contribution in [0.5, 0.6) is 0 Å². The van der Waals surface area contributed by atoms with Crippen molar-refractivity contribution in [1.29, 1.82) is 0 Å². The molecule has 1 N–H and O–H groups in total. The van der Waals surface area contributed by atoms with Gasteiger partial charge >= 0.3 is 5.97 Å². The molecule has 3 rings (SSSR count). The van der Waals surface area contributed by atoms with E-state index in [1.807, 2.05) is 37.3 Å². The van der Waals surface area contributed by atoms with E-state index in [1.165, 1.54) is 25.3 Å². The van der Waals surface area contributed by atoms with Crippen molar-refractivity contribution in [3.05, 3.63) is 76.6 Å². The van der Waals surface area contributed by atoms with Crippen molar-refractivity contribution in [2.75, 3.05) is 12.4 Å². The Morgan fingerprint density at radius 3 is 2.54 bits per heavy atom. The number of hydrogen-bond donors (Lipinski definition) is 1. The van der Waals surface area contributed by atoms with Gasteiger partial charge in [-0.3, -0.25) is 4.79 Å². The third-order valence-electron chi connectivity index (χ3n) is 3.76. The van der Waals surface area contributed by atoms with Gasteiger partial charge in [0.15, 0.2) is 5.69 Å². The summed E-state index contributed by atoms with van der Waals surface area (Å²) in [5.41, 5.74) is 2.51. The van der Waals surface area contributed by atoms with Gasteiger partial charge in [-0.2, -0.15) is 5.10 Å². The first-order chi connectivity index (χ1) is 12.5. The van der Waals surface area contributed by atoms with Crippen molar-refractivity contribution < 1.29 is 14.3 Å². The van der Waals surface area contributed by atoms with E-state index in [-0.39, 0.29) is 11.3 Å². The predicted octanol–water partition coefficient (Wildman–Crippen LogP) is 3.87. The van der Waals surface area contributed by atoms with Gasteiger partial charge in [0.25, 0.3) is 5.91 Å². The van der Waals surface area contributed by atoms with Crippen LogP contribution in [0.15, 0.2) is 54.6 Å². The highest BCUT2D eigenvalue weighted by Gasteiger charge is 2.16. The number of para-hydroxylation sites is 1. The number of carbonyl (C=O) groups excluding carboxylic acids is 2. The number of rotatable bonds is 4. The molecule has 1 amide bonds. The Hall–Kier alpha value is -3.12. The van der Waals surface area contributed by atoms with Crippen molar-refractivity contribution >= 4 is 29.2 Å². The number of aromatic nitrogens is 2. The molecule has 1 aromatic heterocycles. The van der Waals surface area contributed by atoms with Crippen LogP contribution in [0.1, 0.15) is 26.5 Å². The van der Waals surface area contributed by atoms with Crippen LogP contribution in [0.4, 0.5) is 5.69 Å². The van der Waals surface area contributed by atoms with Crippen molar-refractivity contribution in [2.45, 2.75) is 6.92 Å². The molecule has 26 heavy (non-hydrogen) atoms. The average molecular weight is 370 g/mol. The lowest BCUT2D eigenvalue weighted by Crippen LogP contribution is -2.14. The van der Waals surface area contributed by atoms with Gasteiger partial charge in [-0.15, -0.1) is 0 Å². The summed E-state index contributed by atoms with van der Waals surface area (Å²) >= 11 is 6.12. The molecule has 1 heterocycles. The lowest BCUT2D eigenvalue weighted by atomic mass is 10.2. The minimum atomic E-state index is -0.513. The number of aryl methyl sites for hydroxylation is 1. The fraction of sp³-hybridized carbons (Fsp3) is 0.105. The highest BCUT2D eigenvalue weighted by molar-refractivity contribution is 6.34. The molecule has 0 aliphatic rings. The molecule has 6 nitrogen and oxygen atoms in total. The Balaban J connectivity index is 1.86. The Kier molecular flexibility index (Phi) is 5.04. The molecule has 0 bridgehead atoms. The number of esters is 1. The zero-order valence-corrected chi connectivity index (χ0v) is 14.9. The minimum absolute atomic E-state index is 0.242. The second-order valence-corrected chi connectivity index (χ2v) is 5.97. The van der Waals surface area contributed by atoms with Crippen LogP contribution in [0.25, 0.3) is 5.69 Å². The van der Waals surface area contributed by atoms with Gasteiger partial charge in [0.05, 0.1) is 29.1 Å². The van der Waals surface area contributed by atoms with Gasteiger partial charge in [0, 0.05) is 5.69 Å². The van der Waals surface area contributed by atoms with Gasteiger partial charge in [-0.1, -0.05) is 29.8 Å². The first-order valence-corrected chi connectivity index (χ1v) is 8.18. The lowest BCUT2D eigenvalue weighted by molar-refractivity contribution is 0.0600. The van der Waals surface area contributed by atoms with E-state index in [0.717, 1.165) is 11.4 Å². The topological polar surface area (TPSA) is 73.2 Å². The van der Waals surface area contributed by atoms with Gasteiger partial charge < -0.3 is 10.1 Å². The summed E-state index contributed by atoms with van der Waals surface area (Å²) in [5, 5.41) is 7.34. The monoisotopic (exact) mass is 369 g/mol. The number of carbonyl (C=O) groups is 2. The molecule has 0 unspecified atom stereocenters. The standard InChI is InChI=1S/C19H16ClN3O3/c1-12-10-17(22-23(12)14-6-4-3-5-7-14)18(24)21-16-11-13(19(25)26-2)8-9-15(16)20/h3-11H,1-2H3,(H,21,24). The summed E-state index contributed by atoms with van der Waals surface area (Å²) in [6.45, 7) is 1.86. The number of hydrogen-bond acceptors (Lipinski definition) is 4. The van der Waals surface area contributed by atoms with Crippen LogP contribution < -0.4 is 5.32 Å². The molecule has 0 radical (unpaired) electrons. The molecule has 0 fully saturated rings. The van der Waals surface area contributed by atoms with Gasteiger partial charge in [-0.25, -0.2) is 9.48 Å². The molecule has 0 aliphatic carbocycles. The summed E-state index contributed by atoms with van der Waals surface area (Å²) in [4.78, 5) is 24.2. The molecule has 0 saturated carbocycles. The van der Waals surface area contributed by atoms with Crippen molar-refractivity contribution in [2.24, 2.45) is 0 Å². The van der Waals surface area contributed by atoms with Crippen LogP contribution in [-0.4, -0.2) is 28.8 Å². The quantitative estimate of drug-likeness (QED) is 0.708. The molecule has 0 aliphatic heterocycles. The Morgan fingerprint density at radius 2 is 1.85 bits per heavy atom. The zero-order valence-electron chi connectivity index (χ0n) is 14.2. The van der Waals surface area contributed by atoms with Gasteiger partial charge in [0.2, 0.25) is 0 Å². The summed E-state index contributed by atoms with van der Waals surface area (Å²) in [5.74, 6) is -0.937. The van der Waals surface area contributed by atoms with Crippen molar-refractivity contribution in [3.8, 4) is 5.69 Å². The normalized spacial score (nSPS) is 10.4. The van der Waals surface area contributed by atoms with Crippen LogP contribution >= 0.6 is 11.6 Å². The first-order valence-electron chi connectivity index (χ1n) is 7.81. The maximum atomic E-state index is 12.6. The number of methoxy groups -OCH3 is 1. The van der Waals surface area contributed by atoms with E-state index in [0.29, 0.717) is 10.7 Å². The molecular weight excluding hydrogens is 354 g/mol. The molecule has 2 aromatic carbocycles. The third-order valence-corrected chi connectivity index (χ3v) is 4.09. The number of amides is 1. The number of nitrogens with one attached hydrogen (secondary N) is 1. The van der Waals surface area contributed by atoms with Crippen LogP contribution in [0.2, 0.25) is 5.02 Å². The van der Waals surface area contributed by atoms with Crippen LogP contribution in [-0.2, 0) is 4.74 Å². The van der Waals surface area contributed by atoms with E-state index in [1.54, 1.807) is 10.7 Å². The van der Waals surface area contributed by atoms with Crippen LogP contribution in [0, 0.1) is 6.92 Å². The largest absolute Gasteiger partial charge is 0.465 e. The molecular formula is C19H16ClN3O3. The summed E-state index contributed by atoms with van der Waals surface area (Å²) in [6.07, 6.45) is 0. The second-order valence-electron chi connectivity index (χ2n) is 5.56. The molecule has 132 valence electrons. The van der Waals surface area contributed by atoms with Crippen molar-refractivity contribution in [1.82, 2.24) is 9.78 Å². The fourth-order valence-corrected chi connectivity index (χ4v) is 2.63. The van der Waals surface area contributed by atoms with Gasteiger partial charge in [-0.05, 0) is 43.3 Å². The second kappa shape index (κ2) is 7.41. The molecule has 3 aromatic rings. The molecule has 0 atom stereocenters. The smallest absolute Gasteiger partial charge is 0.337 e. The summed E-state index contributed by atoms with van der Waals surface area (Å²) < 4.78 is 6.36. The summed E-state index contributed by atoms with van der Waals surface area (Å²) in [6, 6.07) is 15.7. The summed E-state index contributed by atoms with van der Waals surface area (Å²) in [7, 11) is 1.29. The molecule has 0 saturated heterocycles. The highest BCUT2D eigenvalue weighted by Crippen LogP contribution is 2.24. The number of halogens is 1. The fourth-order valence-electron chi connectivity index (χ4n) is 2.47. The maximum Gasteiger partial charge on any atom is 0.337 e. The van der Waals surface area contributed by atoms with E-state index in [4.69, 9.17) is 11.6 Å². The molecule has 0 spiro atoms. The Labute approximate surface area is 155 Å². The first kappa shape index (κ1) is 17.7. The van der Waals surface area contributed by atoms with E-state index >= 15 is 0 Å². The average Bonchev–Trinajstić information content (AvgIpc) is 3.05. The Morgan fingerprint density at radius 1 is 1.12 bits per heavy atom. The van der Waals surface area contributed by atoms with Crippen molar-refractivity contribution in [3.63, 3.8) is 0 Å².